The summed E-state index contributed by atoms with van der Waals surface area (Å²) in [5.74, 6) is -5.76. The minimum absolute atomic E-state index is 0.363. The molecule has 13 heteroatoms. The second-order valence-corrected chi connectivity index (χ2v) is 5.78. The van der Waals surface area contributed by atoms with Crippen LogP contribution in [0.1, 0.15) is 34.6 Å². The molecule has 4 atom stereocenters. The minimum Gasteiger partial charge on any atom is -0.462 e. The largest absolute Gasteiger partial charge is 0.462 e. The van der Waals surface area contributed by atoms with E-state index in [-0.39, 0.29) is 0 Å². The molecule has 0 aromatic carbocycles. The lowest BCUT2D eigenvalue weighted by Crippen LogP contribution is -2.55. The van der Waals surface area contributed by atoms with Crippen molar-refractivity contribution >= 4 is 41.8 Å². The Morgan fingerprint density at radius 1 is 0.733 bits per heavy atom. The number of hydrogen-bond donors (Lipinski definition) is 0. The summed E-state index contributed by atoms with van der Waals surface area (Å²) in [5, 5.41) is 0. The Morgan fingerprint density at radius 3 is 1.60 bits per heavy atom. The molecule has 0 spiro atoms. The molecule has 0 bridgehead atoms. The normalized spacial score (nSPS) is 13.9. The highest BCUT2D eigenvalue weighted by atomic mass is 16.6. The van der Waals surface area contributed by atoms with E-state index in [0.717, 1.165) is 34.6 Å². The third-order valence-corrected chi connectivity index (χ3v) is 3.12. The molecule has 0 N–H and O–H groups in total. The topological polar surface area (TPSA) is 185 Å². The molecule has 0 fully saturated rings. The third-order valence-electron chi connectivity index (χ3n) is 3.12. The van der Waals surface area contributed by atoms with Crippen LogP contribution in [0.3, 0.4) is 0 Å². The van der Waals surface area contributed by atoms with Crippen LogP contribution in [0.5, 0.6) is 0 Å². The molecule has 166 valence electrons. The number of ether oxygens (including phenoxy) is 5. The van der Waals surface area contributed by atoms with E-state index in [1.54, 1.807) is 0 Å². The number of nitrogens with zero attached hydrogens (tertiary/aromatic N) is 2. The van der Waals surface area contributed by atoms with Crippen LogP contribution in [0, 0.1) is 0 Å². The van der Waals surface area contributed by atoms with Crippen LogP contribution < -0.4 is 0 Å². The number of carbonyl (C=O) groups is 6. The van der Waals surface area contributed by atoms with Crippen LogP contribution >= 0.6 is 0 Å². The fourth-order valence-electron chi connectivity index (χ4n) is 2.24. The van der Waals surface area contributed by atoms with E-state index >= 15 is 0 Å². The summed E-state index contributed by atoms with van der Waals surface area (Å²) in [6, 6.07) is 0. The predicted octanol–water partition coefficient (Wildman–Crippen LogP) is -0.854. The Labute approximate surface area is 171 Å². The van der Waals surface area contributed by atoms with Crippen molar-refractivity contribution in [2.75, 3.05) is 6.61 Å². The van der Waals surface area contributed by atoms with Gasteiger partial charge in [0.2, 0.25) is 6.10 Å². The summed E-state index contributed by atoms with van der Waals surface area (Å²) in [5.41, 5.74) is 8.63. The summed E-state index contributed by atoms with van der Waals surface area (Å²) in [7, 11) is 0. The molecule has 0 aliphatic heterocycles. The van der Waals surface area contributed by atoms with Crippen molar-refractivity contribution in [2.24, 2.45) is 0 Å². The van der Waals surface area contributed by atoms with Crippen LogP contribution in [-0.2, 0) is 52.5 Å². The maximum absolute atomic E-state index is 12.3. The Hall–Kier alpha value is -3.60. The highest BCUT2D eigenvalue weighted by Gasteiger charge is 2.47. The van der Waals surface area contributed by atoms with Crippen LogP contribution in [0.4, 0.5) is 0 Å². The quantitative estimate of drug-likeness (QED) is 0.131. The maximum atomic E-state index is 12.3. The van der Waals surface area contributed by atoms with Crippen molar-refractivity contribution in [3.05, 3.63) is 5.53 Å². The van der Waals surface area contributed by atoms with Gasteiger partial charge in [-0.05, 0) is 0 Å². The maximum Gasteiger partial charge on any atom is 0.327 e. The number of esters is 5. The SMILES string of the molecule is CC(=O)OCC(OC(C)=O)C(OC(C)=O)C(OC(C)=O)C(OC(C)=O)C(=O)C=[N+]=[N-]. The first kappa shape index (κ1) is 26.4. The van der Waals surface area contributed by atoms with Crippen LogP contribution in [0.2, 0.25) is 0 Å². The van der Waals surface area contributed by atoms with Crippen LogP contribution in [0.15, 0.2) is 0 Å². The van der Waals surface area contributed by atoms with Gasteiger partial charge in [-0.2, -0.15) is 4.79 Å². The molecule has 0 saturated heterocycles. The Bertz CT molecular complexity index is 742. The van der Waals surface area contributed by atoms with Crippen molar-refractivity contribution in [2.45, 2.75) is 59.0 Å². The van der Waals surface area contributed by atoms with E-state index in [1.165, 1.54) is 0 Å². The van der Waals surface area contributed by atoms with Crippen molar-refractivity contribution in [3.8, 4) is 0 Å². The first-order valence-corrected chi connectivity index (χ1v) is 8.42. The zero-order chi connectivity index (χ0) is 23.4. The first-order valence-electron chi connectivity index (χ1n) is 8.42. The Morgan fingerprint density at radius 2 is 1.20 bits per heavy atom. The molecule has 0 radical (unpaired) electrons. The number of hydrogen-bond acceptors (Lipinski definition) is 11. The van der Waals surface area contributed by atoms with Crippen LogP contribution in [-0.4, -0.2) is 77.7 Å². The lowest BCUT2D eigenvalue weighted by molar-refractivity contribution is -0.202. The smallest absolute Gasteiger partial charge is 0.327 e. The third kappa shape index (κ3) is 10.1. The fourth-order valence-corrected chi connectivity index (χ4v) is 2.24. The van der Waals surface area contributed by atoms with E-state index in [1.807, 2.05) is 0 Å². The molecule has 0 rings (SSSR count). The summed E-state index contributed by atoms with van der Waals surface area (Å²) in [6.45, 7) is 4.24. The van der Waals surface area contributed by atoms with Gasteiger partial charge in [0, 0.05) is 34.6 Å². The Kier molecular flexibility index (Phi) is 11.2. The number of ketones is 1. The predicted molar refractivity (Wildman–Crippen MR) is 93.5 cm³/mol. The average molecular weight is 430 g/mol. The summed E-state index contributed by atoms with van der Waals surface area (Å²) in [4.78, 5) is 72.3. The second kappa shape index (κ2) is 12.8. The second-order valence-electron chi connectivity index (χ2n) is 5.78. The molecule has 0 aromatic heterocycles. The monoisotopic (exact) mass is 430 g/mol. The molecule has 0 heterocycles. The van der Waals surface area contributed by atoms with Gasteiger partial charge in [-0.1, -0.05) is 0 Å². The van der Waals surface area contributed by atoms with Gasteiger partial charge < -0.3 is 29.2 Å². The molecule has 0 aliphatic carbocycles. The molecule has 0 aliphatic rings. The molecular formula is C17H22N2O11. The van der Waals surface area contributed by atoms with E-state index in [2.05, 4.69) is 4.79 Å². The minimum atomic E-state index is -1.96. The fraction of sp³-hybridized carbons (Fsp3) is 0.588. The molecule has 0 saturated carbocycles. The first-order chi connectivity index (χ1) is 13.9. The number of carbonyl (C=O) groups excluding carboxylic acids is 6. The van der Waals surface area contributed by atoms with E-state index < -0.39 is 66.7 Å². The van der Waals surface area contributed by atoms with Gasteiger partial charge in [-0.25, -0.2) is 0 Å². The van der Waals surface area contributed by atoms with E-state index in [9.17, 15) is 28.8 Å². The van der Waals surface area contributed by atoms with Gasteiger partial charge in [0.1, 0.15) is 6.61 Å². The summed E-state index contributed by atoms with van der Waals surface area (Å²) in [6.07, 6.45) is -6.77. The van der Waals surface area contributed by atoms with Gasteiger partial charge in [0.05, 0.1) is 0 Å². The zero-order valence-corrected chi connectivity index (χ0v) is 17.0. The van der Waals surface area contributed by atoms with Gasteiger partial charge in [-0.3, -0.25) is 28.8 Å². The van der Waals surface area contributed by atoms with Crippen LogP contribution in [0.25, 0.3) is 5.53 Å². The summed E-state index contributed by atoms with van der Waals surface area (Å²) >= 11 is 0. The van der Waals surface area contributed by atoms with Gasteiger partial charge in [-0.15, -0.1) is 0 Å². The number of rotatable bonds is 11. The van der Waals surface area contributed by atoms with E-state index in [4.69, 9.17) is 29.2 Å². The van der Waals surface area contributed by atoms with E-state index in [0.29, 0.717) is 6.21 Å². The van der Waals surface area contributed by atoms with Crippen molar-refractivity contribution < 1.29 is 57.2 Å². The molecule has 4 unspecified atom stereocenters. The molecule has 13 nitrogen and oxygen atoms in total. The van der Waals surface area contributed by atoms with Crippen molar-refractivity contribution in [1.29, 1.82) is 0 Å². The molecule has 0 amide bonds. The lowest BCUT2D eigenvalue weighted by Gasteiger charge is -2.33. The van der Waals surface area contributed by atoms with Crippen molar-refractivity contribution in [1.82, 2.24) is 0 Å². The molecular weight excluding hydrogens is 408 g/mol. The molecule has 0 aromatic rings. The number of Topliss-reactive ketones (excluding diaryl/α,β-unsaturated/α-hetero) is 1. The summed E-state index contributed by atoms with van der Waals surface area (Å²) < 4.78 is 24.7. The van der Waals surface area contributed by atoms with Gasteiger partial charge in [0.15, 0.2) is 18.3 Å². The lowest BCUT2D eigenvalue weighted by atomic mass is 9.99. The standard InChI is InChI=1S/C17H22N2O11/c1-8(20)26-7-14(27-9(2)21)16(29-11(4)23)17(30-12(5)24)15(28-10(3)22)13(25)6-19-18/h6,14-17H,7H2,1-5H3. The average Bonchev–Trinajstić information content (AvgIpc) is 2.59. The highest BCUT2D eigenvalue weighted by molar-refractivity contribution is 6.27. The highest BCUT2D eigenvalue weighted by Crippen LogP contribution is 2.20. The van der Waals surface area contributed by atoms with Gasteiger partial charge in [0.25, 0.3) is 5.78 Å². The molecule has 30 heavy (non-hydrogen) atoms. The zero-order valence-electron chi connectivity index (χ0n) is 17.0. The Balaban J connectivity index is 6.44. The van der Waals surface area contributed by atoms with Gasteiger partial charge >= 0.3 is 36.1 Å². The van der Waals surface area contributed by atoms with Crippen molar-refractivity contribution in [3.63, 3.8) is 0 Å².